The fourth-order valence-electron chi connectivity index (χ4n) is 2.19. The van der Waals surface area contributed by atoms with Crippen LogP contribution in [-0.2, 0) is 16.4 Å². The summed E-state index contributed by atoms with van der Waals surface area (Å²) in [4.78, 5) is 0.243. The number of benzene rings is 2. The van der Waals surface area contributed by atoms with E-state index in [1.54, 1.807) is 19.1 Å². The van der Waals surface area contributed by atoms with Crippen LogP contribution in [0.25, 0.3) is 0 Å². The summed E-state index contributed by atoms with van der Waals surface area (Å²) in [7, 11) is -3.53. The Hall–Kier alpha value is -1.85. The summed E-state index contributed by atoms with van der Waals surface area (Å²) < 4.78 is 27.3. The summed E-state index contributed by atoms with van der Waals surface area (Å²) in [5.74, 6) is 0. The summed E-state index contributed by atoms with van der Waals surface area (Å²) in [5.41, 5.74) is 9.11. The van der Waals surface area contributed by atoms with E-state index in [-0.39, 0.29) is 4.90 Å². The van der Waals surface area contributed by atoms with E-state index in [0.717, 1.165) is 11.1 Å². The van der Waals surface area contributed by atoms with Crippen molar-refractivity contribution in [1.82, 2.24) is 4.72 Å². The van der Waals surface area contributed by atoms with E-state index >= 15 is 0 Å². The van der Waals surface area contributed by atoms with E-state index in [2.05, 4.69) is 4.72 Å². The van der Waals surface area contributed by atoms with Gasteiger partial charge in [0.2, 0.25) is 10.0 Å². The van der Waals surface area contributed by atoms with E-state index in [1.807, 2.05) is 31.2 Å². The third-order valence-corrected chi connectivity index (χ3v) is 5.05. The molecule has 0 saturated carbocycles. The number of hydrogen-bond acceptors (Lipinski definition) is 3. The highest BCUT2D eigenvalue weighted by Crippen LogP contribution is 2.18. The predicted octanol–water partition coefficient (Wildman–Crippen LogP) is 2.41. The highest BCUT2D eigenvalue weighted by molar-refractivity contribution is 7.89. The fraction of sp³-hybridized carbons (Fsp3) is 0.250. The second-order valence-corrected chi connectivity index (χ2v) is 6.83. The lowest BCUT2D eigenvalue weighted by molar-refractivity contribution is 0.581. The van der Waals surface area contributed by atoms with Gasteiger partial charge in [0.05, 0.1) is 4.90 Å². The Labute approximate surface area is 126 Å². The Morgan fingerprint density at radius 3 is 2.48 bits per heavy atom. The minimum absolute atomic E-state index is 0.243. The molecule has 0 atom stereocenters. The molecule has 2 rings (SSSR count). The van der Waals surface area contributed by atoms with Crippen molar-refractivity contribution in [2.75, 3.05) is 12.3 Å². The van der Waals surface area contributed by atoms with Crippen LogP contribution in [0.4, 0.5) is 5.69 Å². The van der Waals surface area contributed by atoms with Crippen LogP contribution in [0.15, 0.2) is 47.4 Å². The first-order valence-electron chi connectivity index (χ1n) is 6.80. The van der Waals surface area contributed by atoms with Crippen LogP contribution in [0.1, 0.15) is 16.7 Å². The maximum absolute atomic E-state index is 12.3. The van der Waals surface area contributed by atoms with Crippen LogP contribution >= 0.6 is 0 Å². The molecule has 0 unspecified atom stereocenters. The van der Waals surface area contributed by atoms with Crippen LogP contribution in [0.2, 0.25) is 0 Å². The zero-order valence-corrected chi connectivity index (χ0v) is 13.1. The average Bonchev–Trinajstić information content (AvgIpc) is 2.43. The molecular formula is C16H20N2O2S. The minimum atomic E-state index is -3.53. The standard InChI is InChI=1S/C16H20N2O2S/c1-12-5-3-4-6-14(12)9-10-18-21(19,20)16-11-15(17)8-7-13(16)2/h3-8,11,18H,9-10,17H2,1-2H3. The van der Waals surface area contributed by atoms with Gasteiger partial charge in [0.25, 0.3) is 0 Å². The van der Waals surface area contributed by atoms with Crippen molar-refractivity contribution in [2.45, 2.75) is 25.2 Å². The Balaban J connectivity index is 2.08. The van der Waals surface area contributed by atoms with Gasteiger partial charge in [-0.1, -0.05) is 30.3 Å². The van der Waals surface area contributed by atoms with E-state index in [0.29, 0.717) is 24.2 Å². The molecule has 21 heavy (non-hydrogen) atoms. The van der Waals surface area contributed by atoms with Crippen molar-refractivity contribution in [3.05, 3.63) is 59.2 Å². The van der Waals surface area contributed by atoms with Gasteiger partial charge >= 0.3 is 0 Å². The van der Waals surface area contributed by atoms with Gasteiger partial charge in [-0.15, -0.1) is 0 Å². The highest BCUT2D eigenvalue weighted by Gasteiger charge is 2.16. The van der Waals surface area contributed by atoms with Gasteiger partial charge in [0.15, 0.2) is 0 Å². The van der Waals surface area contributed by atoms with Gasteiger partial charge in [-0.25, -0.2) is 13.1 Å². The number of anilines is 1. The second kappa shape index (κ2) is 6.28. The first kappa shape index (κ1) is 15.5. The van der Waals surface area contributed by atoms with Crippen LogP contribution in [0.5, 0.6) is 0 Å². The highest BCUT2D eigenvalue weighted by atomic mass is 32.2. The zero-order valence-electron chi connectivity index (χ0n) is 12.3. The molecule has 5 heteroatoms. The molecule has 0 aromatic heterocycles. The van der Waals surface area contributed by atoms with Crippen LogP contribution in [0, 0.1) is 13.8 Å². The van der Waals surface area contributed by atoms with Crippen LogP contribution < -0.4 is 10.5 Å². The summed E-state index contributed by atoms with van der Waals surface area (Å²) in [6, 6.07) is 12.9. The maximum Gasteiger partial charge on any atom is 0.240 e. The molecule has 0 radical (unpaired) electrons. The molecule has 0 heterocycles. The molecule has 0 amide bonds. The molecule has 0 bridgehead atoms. The molecule has 0 spiro atoms. The van der Waals surface area contributed by atoms with Crippen molar-refractivity contribution in [3.8, 4) is 0 Å². The summed E-state index contributed by atoms with van der Waals surface area (Å²) >= 11 is 0. The van der Waals surface area contributed by atoms with Crippen LogP contribution in [0.3, 0.4) is 0 Å². The lowest BCUT2D eigenvalue weighted by Crippen LogP contribution is -2.26. The average molecular weight is 304 g/mol. The zero-order chi connectivity index (χ0) is 15.5. The topological polar surface area (TPSA) is 72.2 Å². The van der Waals surface area contributed by atoms with E-state index in [1.165, 1.54) is 6.07 Å². The molecular weight excluding hydrogens is 284 g/mol. The monoisotopic (exact) mass is 304 g/mol. The lowest BCUT2D eigenvalue weighted by atomic mass is 10.1. The number of rotatable bonds is 5. The Morgan fingerprint density at radius 1 is 1.05 bits per heavy atom. The Kier molecular flexibility index (Phi) is 4.65. The third-order valence-electron chi connectivity index (χ3n) is 3.45. The van der Waals surface area contributed by atoms with Crippen molar-refractivity contribution < 1.29 is 8.42 Å². The van der Waals surface area contributed by atoms with Crippen molar-refractivity contribution in [3.63, 3.8) is 0 Å². The molecule has 0 aliphatic rings. The number of nitrogens with one attached hydrogen (secondary N) is 1. The quantitative estimate of drug-likeness (QED) is 0.833. The molecule has 0 saturated heterocycles. The predicted molar refractivity (Wildman–Crippen MR) is 85.7 cm³/mol. The van der Waals surface area contributed by atoms with Gasteiger partial charge in [0, 0.05) is 12.2 Å². The molecule has 0 aliphatic carbocycles. The molecule has 0 fully saturated rings. The molecule has 112 valence electrons. The maximum atomic E-state index is 12.3. The minimum Gasteiger partial charge on any atom is -0.399 e. The molecule has 3 N–H and O–H groups in total. The Bertz CT molecular complexity index is 740. The van der Waals surface area contributed by atoms with Crippen molar-refractivity contribution in [1.29, 1.82) is 0 Å². The second-order valence-electron chi connectivity index (χ2n) is 5.10. The van der Waals surface area contributed by atoms with Crippen LogP contribution in [-0.4, -0.2) is 15.0 Å². The Morgan fingerprint density at radius 2 is 1.76 bits per heavy atom. The first-order chi connectivity index (χ1) is 9.90. The fourth-order valence-corrected chi connectivity index (χ4v) is 3.50. The number of nitrogens with two attached hydrogens (primary N) is 1. The van der Waals surface area contributed by atoms with Crippen molar-refractivity contribution in [2.24, 2.45) is 0 Å². The summed E-state index contributed by atoms with van der Waals surface area (Å²) in [5, 5.41) is 0. The van der Waals surface area contributed by atoms with Crippen molar-refractivity contribution >= 4 is 15.7 Å². The normalized spacial score (nSPS) is 11.5. The molecule has 4 nitrogen and oxygen atoms in total. The number of hydrogen-bond donors (Lipinski definition) is 2. The van der Waals surface area contributed by atoms with E-state index < -0.39 is 10.0 Å². The van der Waals surface area contributed by atoms with Gasteiger partial charge in [-0.2, -0.15) is 0 Å². The first-order valence-corrected chi connectivity index (χ1v) is 8.29. The van der Waals surface area contributed by atoms with Gasteiger partial charge < -0.3 is 5.73 Å². The molecule has 0 aliphatic heterocycles. The number of aryl methyl sites for hydroxylation is 2. The SMILES string of the molecule is Cc1ccccc1CCNS(=O)(=O)c1cc(N)ccc1C. The smallest absolute Gasteiger partial charge is 0.240 e. The summed E-state index contributed by atoms with van der Waals surface area (Å²) in [6.07, 6.45) is 0.660. The van der Waals surface area contributed by atoms with E-state index in [9.17, 15) is 8.42 Å². The number of sulfonamides is 1. The van der Waals surface area contributed by atoms with Gasteiger partial charge in [-0.05, 0) is 49.1 Å². The van der Waals surface area contributed by atoms with E-state index in [4.69, 9.17) is 5.73 Å². The largest absolute Gasteiger partial charge is 0.399 e. The summed E-state index contributed by atoms with van der Waals surface area (Å²) in [6.45, 7) is 4.14. The van der Waals surface area contributed by atoms with Gasteiger partial charge in [0.1, 0.15) is 0 Å². The lowest BCUT2D eigenvalue weighted by Gasteiger charge is -2.11. The van der Waals surface area contributed by atoms with Gasteiger partial charge in [-0.3, -0.25) is 0 Å². The third kappa shape index (κ3) is 3.83. The molecule has 2 aromatic rings. The molecule has 2 aromatic carbocycles. The number of nitrogen functional groups attached to an aromatic ring is 1.